The highest BCUT2D eigenvalue weighted by Gasteiger charge is 2.64. The summed E-state index contributed by atoms with van der Waals surface area (Å²) in [6.45, 7) is 2.77. The van der Waals surface area contributed by atoms with Crippen molar-refractivity contribution in [1.82, 2.24) is 20.4 Å². The maximum Gasteiger partial charge on any atom is 0.246 e. The van der Waals surface area contributed by atoms with Crippen LogP contribution in [0, 0.1) is 23.7 Å². The lowest BCUT2D eigenvalue weighted by molar-refractivity contribution is -0.175. The second kappa shape index (κ2) is 11.2. The van der Waals surface area contributed by atoms with E-state index in [-0.39, 0.29) is 54.7 Å². The van der Waals surface area contributed by atoms with Crippen LogP contribution in [0.25, 0.3) is 0 Å². The van der Waals surface area contributed by atoms with E-state index in [1.165, 1.54) is 0 Å². The molecule has 204 valence electrons. The van der Waals surface area contributed by atoms with Crippen LogP contribution in [0.2, 0.25) is 0 Å². The third-order valence-corrected chi connectivity index (χ3v) is 9.80. The van der Waals surface area contributed by atoms with Crippen LogP contribution >= 0.6 is 0 Å². The van der Waals surface area contributed by atoms with Gasteiger partial charge in [-0.3, -0.25) is 9.59 Å². The minimum atomic E-state index is -0.181. The SMILES string of the molecule is COC1CCC2C3NCCC4C5CC(OCC(=O)NCCCN(C)C)CCC5N(C(=O)C2C1OC)C43. The summed E-state index contributed by atoms with van der Waals surface area (Å²) in [5, 5.41) is 6.81. The lowest BCUT2D eigenvalue weighted by Gasteiger charge is -2.55. The molecule has 2 N–H and O–H groups in total. The summed E-state index contributed by atoms with van der Waals surface area (Å²) in [5.41, 5.74) is 0. The Hall–Kier alpha value is -1.26. The van der Waals surface area contributed by atoms with Crippen LogP contribution in [0.15, 0.2) is 0 Å². The van der Waals surface area contributed by atoms with E-state index in [2.05, 4.69) is 20.4 Å². The number of piperidine rings is 2. The lowest BCUT2D eigenvalue weighted by atomic mass is 9.64. The molecule has 3 saturated heterocycles. The van der Waals surface area contributed by atoms with Gasteiger partial charge in [0.1, 0.15) is 6.61 Å². The number of hydrogen-bond acceptors (Lipinski definition) is 7. The summed E-state index contributed by atoms with van der Waals surface area (Å²) in [7, 11) is 7.53. The van der Waals surface area contributed by atoms with Crippen molar-refractivity contribution in [1.29, 1.82) is 0 Å². The van der Waals surface area contributed by atoms with E-state index in [0.29, 0.717) is 30.3 Å². The normalized spacial score (nSPS) is 41.6. The number of rotatable bonds is 9. The van der Waals surface area contributed by atoms with Crippen molar-refractivity contribution < 1.29 is 23.8 Å². The van der Waals surface area contributed by atoms with Crippen molar-refractivity contribution in [2.45, 2.75) is 81.4 Å². The molecule has 2 aliphatic carbocycles. The Labute approximate surface area is 215 Å². The maximum atomic E-state index is 14.1. The van der Waals surface area contributed by atoms with Gasteiger partial charge in [-0.25, -0.2) is 0 Å². The van der Waals surface area contributed by atoms with Gasteiger partial charge in [-0.2, -0.15) is 0 Å². The summed E-state index contributed by atoms with van der Waals surface area (Å²) < 4.78 is 17.8. The summed E-state index contributed by atoms with van der Waals surface area (Å²) in [6, 6.07) is 0.883. The number of amides is 2. The zero-order valence-electron chi connectivity index (χ0n) is 22.5. The molecule has 10 unspecified atom stereocenters. The number of fused-ring (bicyclic) bond motifs is 5. The highest BCUT2D eigenvalue weighted by Crippen LogP contribution is 2.54. The molecular formula is C27H46N4O5. The molecule has 9 nitrogen and oxygen atoms in total. The Balaban J connectivity index is 1.24. The highest BCUT2D eigenvalue weighted by atomic mass is 16.5. The molecule has 10 atom stereocenters. The summed E-state index contributed by atoms with van der Waals surface area (Å²) in [4.78, 5) is 30.8. The van der Waals surface area contributed by atoms with Gasteiger partial charge in [0.2, 0.25) is 11.8 Å². The largest absolute Gasteiger partial charge is 0.379 e. The first kappa shape index (κ1) is 26.4. The molecule has 0 aromatic rings. The monoisotopic (exact) mass is 506 g/mol. The molecule has 0 radical (unpaired) electrons. The van der Waals surface area contributed by atoms with Crippen LogP contribution in [-0.4, -0.2) is 113 Å². The van der Waals surface area contributed by atoms with Crippen LogP contribution < -0.4 is 10.6 Å². The molecule has 36 heavy (non-hydrogen) atoms. The Kier molecular flexibility index (Phi) is 8.22. The van der Waals surface area contributed by atoms with Gasteiger partial charge < -0.3 is 34.6 Å². The first-order chi connectivity index (χ1) is 17.4. The van der Waals surface area contributed by atoms with E-state index < -0.39 is 0 Å². The van der Waals surface area contributed by atoms with Gasteiger partial charge >= 0.3 is 0 Å². The number of carbonyl (C=O) groups excluding carboxylic acids is 2. The zero-order valence-corrected chi connectivity index (χ0v) is 22.5. The van der Waals surface area contributed by atoms with Crippen molar-refractivity contribution >= 4 is 11.8 Å². The summed E-state index contributed by atoms with van der Waals surface area (Å²) >= 11 is 0. The second-order valence-electron chi connectivity index (χ2n) is 11.9. The lowest BCUT2D eigenvalue weighted by Crippen LogP contribution is -2.70. The Bertz CT molecular complexity index is 796. The molecule has 5 aliphatic rings. The number of ether oxygens (including phenoxy) is 3. The van der Waals surface area contributed by atoms with E-state index in [4.69, 9.17) is 14.2 Å². The van der Waals surface area contributed by atoms with Gasteiger partial charge in [0.15, 0.2) is 0 Å². The van der Waals surface area contributed by atoms with Gasteiger partial charge in [-0.1, -0.05) is 0 Å². The first-order valence-electron chi connectivity index (χ1n) is 14.1. The first-order valence-corrected chi connectivity index (χ1v) is 14.1. The van der Waals surface area contributed by atoms with E-state index in [1.54, 1.807) is 14.2 Å². The van der Waals surface area contributed by atoms with Crippen molar-refractivity contribution in [3.8, 4) is 0 Å². The Morgan fingerprint density at radius 2 is 1.92 bits per heavy atom. The Morgan fingerprint density at radius 1 is 1.08 bits per heavy atom. The number of hydrogen-bond donors (Lipinski definition) is 2. The van der Waals surface area contributed by atoms with Crippen LogP contribution in [0.3, 0.4) is 0 Å². The van der Waals surface area contributed by atoms with Gasteiger partial charge in [0.25, 0.3) is 0 Å². The van der Waals surface area contributed by atoms with E-state index in [9.17, 15) is 9.59 Å². The minimum absolute atomic E-state index is 0.0206. The zero-order chi connectivity index (χ0) is 25.4. The molecule has 2 saturated carbocycles. The molecule has 9 heteroatoms. The van der Waals surface area contributed by atoms with Crippen molar-refractivity contribution in [2.75, 3.05) is 54.6 Å². The van der Waals surface area contributed by atoms with Gasteiger partial charge in [-0.05, 0) is 89.9 Å². The van der Waals surface area contributed by atoms with Crippen molar-refractivity contribution in [3.05, 3.63) is 0 Å². The molecule has 2 amide bonds. The smallest absolute Gasteiger partial charge is 0.246 e. The van der Waals surface area contributed by atoms with Crippen LogP contribution in [0.1, 0.15) is 44.9 Å². The summed E-state index contributed by atoms with van der Waals surface area (Å²) in [5.74, 6) is 1.39. The topological polar surface area (TPSA) is 92.4 Å². The fraction of sp³-hybridized carbons (Fsp3) is 0.926. The third-order valence-electron chi connectivity index (χ3n) is 9.80. The number of methoxy groups -OCH3 is 2. The molecule has 5 rings (SSSR count). The average Bonchev–Trinajstić information content (AvgIpc) is 3.22. The molecule has 3 aliphatic heterocycles. The van der Waals surface area contributed by atoms with E-state index >= 15 is 0 Å². The maximum absolute atomic E-state index is 14.1. The van der Waals surface area contributed by atoms with Gasteiger partial charge in [-0.15, -0.1) is 0 Å². The fourth-order valence-electron chi connectivity index (χ4n) is 8.36. The van der Waals surface area contributed by atoms with Crippen LogP contribution in [0.5, 0.6) is 0 Å². The van der Waals surface area contributed by atoms with Gasteiger partial charge in [0.05, 0.1) is 30.3 Å². The average molecular weight is 507 g/mol. The number of nitrogens with one attached hydrogen (secondary N) is 2. The standard InChI is InChI=1S/C27H46N4O5/c1-30(2)13-5-11-28-22(32)15-36-16-6-8-20-19(14-16)17-10-12-29-24-18-7-9-21(34-3)26(35-4)23(18)27(33)31(20)25(17)24/h16-21,23-26,29H,5-15H2,1-4H3,(H,28,32). The predicted molar refractivity (Wildman–Crippen MR) is 135 cm³/mol. The van der Waals surface area contributed by atoms with Gasteiger partial charge in [0, 0.05) is 32.8 Å². The number of nitrogens with zero attached hydrogens (tertiary/aromatic N) is 2. The fourth-order valence-corrected chi connectivity index (χ4v) is 8.36. The molecule has 0 bridgehead atoms. The molecular weight excluding hydrogens is 460 g/mol. The van der Waals surface area contributed by atoms with E-state index in [0.717, 1.165) is 58.0 Å². The predicted octanol–water partition coefficient (Wildman–Crippen LogP) is 0.867. The van der Waals surface area contributed by atoms with Crippen molar-refractivity contribution in [2.24, 2.45) is 23.7 Å². The van der Waals surface area contributed by atoms with Crippen LogP contribution in [0.4, 0.5) is 0 Å². The highest BCUT2D eigenvalue weighted by molar-refractivity contribution is 5.83. The quantitative estimate of drug-likeness (QED) is 0.448. The molecule has 3 heterocycles. The minimum Gasteiger partial charge on any atom is -0.379 e. The van der Waals surface area contributed by atoms with Crippen molar-refractivity contribution in [3.63, 3.8) is 0 Å². The van der Waals surface area contributed by atoms with Crippen LogP contribution in [-0.2, 0) is 23.8 Å². The van der Waals surface area contributed by atoms with E-state index in [1.807, 2.05) is 14.1 Å². The molecule has 5 fully saturated rings. The molecule has 0 spiro atoms. The molecule has 0 aromatic carbocycles. The third kappa shape index (κ3) is 4.82. The Morgan fingerprint density at radius 3 is 2.67 bits per heavy atom. The summed E-state index contributed by atoms with van der Waals surface area (Å²) in [6.07, 6.45) is 6.68. The second-order valence-corrected chi connectivity index (χ2v) is 11.9. The molecule has 0 aromatic heterocycles. The number of carbonyl (C=O) groups is 2.